The van der Waals surface area contributed by atoms with Gasteiger partial charge in [-0.3, -0.25) is 4.79 Å². The molecule has 3 heteroatoms. The van der Waals surface area contributed by atoms with Crippen LogP contribution >= 0.6 is 0 Å². The van der Waals surface area contributed by atoms with E-state index in [-0.39, 0.29) is 5.91 Å². The summed E-state index contributed by atoms with van der Waals surface area (Å²) in [6.45, 7) is 5.40. The molecule has 0 aliphatic carbocycles. The summed E-state index contributed by atoms with van der Waals surface area (Å²) in [4.78, 5) is 16.7. The lowest BCUT2D eigenvalue weighted by atomic mass is 10.1. The molecule has 0 unspecified atom stereocenters. The Morgan fingerprint density at radius 3 is 2.27 bits per heavy atom. The Kier molecular flexibility index (Phi) is 5.21. The summed E-state index contributed by atoms with van der Waals surface area (Å²) >= 11 is 0. The summed E-state index contributed by atoms with van der Waals surface area (Å²) in [6, 6.07) is 16.0. The Balaban J connectivity index is 2.20. The number of carbonyl (C=O) groups excluding carboxylic acids is 1. The number of amides is 1. The van der Waals surface area contributed by atoms with Gasteiger partial charge in [-0.1, -0.05) is 30.3 Å². The van der Waals surface area contributed by atoms with Gasteiger partial charge in [0.15, 0.2) is 0 Å². The average molecular weight is 296 g/mol. The number of hydrogen-bond acceptors (Lipinski definition) is 2. The number of anilines is 1. The molecule has 3 nitrogen and oxygen atoms in total. The van der Waals surface area contributed by atoms with E-state index in [1.54, 1.807) is 0 Å². The Morgan fingerprint density at radius 2 is 1.73 bits per heavy atom. The summed E-state index contributed by atoms with van der Waals surface area (Å²) in [5, 5.41) is 0. The summed E-state index contributed by atoms with van der Waals surface area (Å²) in [7, 11) is 4.02. The molecule has 0 atom stereocenters. The van der Waals surface area contributed by atoms with Gasteiger partial charge in [0.1, 0.15) is 0 Å². The molecule has 0 saturated heterocycles. The van der Waals surface area contributed by atoms with Crippen molar-refractivity contribution in [3.63, 3.8) is 0 Å². The van der Waals surface area contributed by atoms with Crippen molar-refractivity contribution in [1.29, 1.82) is 0 Å². The van der Waals surface area contributed by atoms with Gasteiger partial charge < -0.3 is 9.80 Å². The maximum Gasteiger partial charge on any atom is 0.254 e. The minimum atomic E-state index is 0.0831. The molecule has 0 aliphatic rings. The second kappa shape index (κ2) is 7.12. The van der Waals surface area contributed by atoms with Crippen molar-refractivity contribution in [2.75, 3.05) is 25.5 Å². The molecule has 22 heavy (non-hydrogen) atoms. The highest BCUT2D eigenvalue weighted by Crippen LogP contribution is 2.20. The monoisotopic (exact) mass is 296 g/mol. The van der Waals surface area contributed by atoms with Crippen LogP contribution in [0.3, 0.4) is 0 Å². The lowest BCUT2D eigenvalue weighted by Crippen LogP contribution is -2.30. The van der Waals surface area contributed by atoms with Crippen LogP contribution in [0.15, 0.2) is 48.5 Å². The predicted molar refractivity (Wildman–Crippen MR) is 92.4 cm³/mol. The summed E-state index contributed by atoms with van der Waals surface area (Å²) in [5.74, 6) is 0.0831. The smallest absolute Gasteiger partial charge is 0.254 e. The molecule has 0 spiro atoms. The zero-order valence-electron chi connectivity index (χ0n) is 13.8. The van der Waals surface area contributed by atoms with Gasteiger partial charge in [0, 0.05) is 38.4 Å². The molecule has 0 radical (unpaired) electrons. The van der Waals surface area contributed by atoms with Crippen molar-refractivity contribution in [3.05, 3.63) is 65.2 Å². The first-order valence-corrected chi connectivity index (χ1v) is 7.64. The summed E-state index contributed by atoms with van der Waals surface area (Å²) in [5.41, 5.74) is 4.16. The third-order valence-electron chi connectivity index (χ3n) is 3.81. The van der Waals surface area contributed by atoms with Crippen molar-refractivity contribution in [2.24, 2.45) is 0 Å². The van der Waals surface area contributed by atoms with Crippen LogP contribution in [0.4, 0.5) is 5.69 Å². The molecule has 2 rings (SSSR count). The Morgan fingerprint density at radius 1 is 1.05 bits per heavy atom. The second-order valence-electron chi connectivity index (χ2n) is 5.70. The van der Waals surface area contributed by atoms with Gasteiger partial charge in [-0.05, 0) is 43.2 Å². The first kappa shape index (κ1) is 16.1. The number of carbonyl (C=O) groups is 1. The second-order valence-corrected chi connectivity index (χ2v) is 5.70. The molecular weight excluding hydrogens is 272 g/mol. The van der Waals surface area contributed by atoms with Crippen LogP contribution in [0.25, 0.3) is 0 Å². The zero-order valence-corrected chi connectivity index (χ0v) is 13.8. The molecule has 1 amide bonds. The van der Waals surface area contributed by atoms with Crippen LogP contribution in [0.5, 0.6) is 0 Å². The van der Waals surface area contributed by atoms with Gasteiger partial charge >= 0.3 is 0 Å². The number of benzene rings is 2. The Labute approximate surface area is 133 Å². The lowest BCUT2D eigenvalue weighted by molar-refractivity contribution is 0.0752. The van der Waals surface area contributed by atoms with Crippen LogP contribution in [0, 0.1) is 6.92 Å². The van der Waals surface area contributed by atoms with Gasteiger partial charge in [0.25, 0.3) is 5.91 Å². The molecular formula is C19H24N2O. The molecule has 0 bridgehead atoms. The fourth-order valence-corrected chi connectivity index (χ4v) is 2.60. The van der Waals surface area contributed by atoms with Gasteiger partial charge in [-0.2, -0.15) is 0 Å². The van der Waals surface area contributed by atoms with Crippen LogP contribution in [-0.2, 0) is 6.54 Å². The number of nitrogens with zero attached hydrogens (tertiary/aromatic N) is 2. The number of aryl methyl sites for hydroxylation is 1. The van der Waals surface area contributed by atoms with Crippen LogP contribution in [-0.4, -0.2) is 31.4 Å². The SMILES string of the molecule is CCN(Cc1ccccc1)C(=O)c1ccc(N(C)C)c(C)c1. The van der Waals surface area contributed by atoms with Crippen LogP contribution in [0.2, 0.25) is 0 Å². The first-order chi connectivity index (χ1) is 10.5. The highest BCUT2D eigenvalue weighted by Gasteiger charge is 2.15. The van der Waals surface area contributed by atoms with E-state index in [4.69, 9.17) is 0 Å². The van der Waals surface area contributed by atoms with Crippen molar-refractivity contribution in [2.45, 2.75) is 20.4 Å². The van der Waals surface area contributed by atoms with Crippen molar-refractivity contribution >= 4 is 11.6 Å². The zero-order chi connectivity index (χ0) is 16.1. The number of hydrogen-bond donors (Lipinski definition) is 0. The Hall–Kier alpha value is -2.29. The average Bonchev–Trinajstić information content (AvgIpc) is 2.52. The quantitative estimate of drug-likeness (QED) is 0.839. The maximum absolute atomic E-state index is 12.7. The summed E-state index contributed by atoms with van der Waals surface area (Å²) in [6.07, 6.45) is 0. The van der Waals surface area contributed by atoms with E-state index in [1.807, 2.05) is 69.2 Å². The van der Waals surface area contributed by atoms with E-state index in [1.165, 1.54) is 0 Å². The van der Waals surface area contributed by atoms with Crippen LogP contribution in [0.1, 0.15) is 28.4 Å². The third kappa shape index (κ3) is 3.67. The van der Waals surface area contributed by atoms with Gasteiger partial charge in [0.2, 0.25) is 0 Å². The fraction of sp³-hybridized carbons (Fsp3) is 0.316. The fourth-order valence-electron chi connectivity index (χ4n) is 2.60. The van der Waals surface area contributed by atoms with E-state index in [9.17, 15) is 4.79 Å². The molecule has 0 heterocycles. The maximum atomic E-state index is 12.7. The first-order valence-electron chi connectivity index (χ1n) is 7.64. The third-order valence-corrected chi connectivity index (χ3v) is 3.81. The number of rotatable bonds is 5. The minimum absolute atomic E-state index is 0.0831. The Bertz CT molecular complexity index is 635. The largest absolute Gasteiger partial charge is 0.377 e. The topological polar surface area (TPSA) is 23.6 Å². The van der Waals surface area contributed by atoms with E-state index in [0.29, 0.717) is 13.1 Å². The molecule has 0 saturated carbocycles. The predicted octanol–water partition coefficient (Wildman–Crippen LogP) is 3.72. The molecule has 2 aromatic rings. The highest BCUT2D eigenvalue weighted by molar-refractivity contribution is 5.95. The molecule has 116 valence electrons. The van der Waals surface area contributed by atoms with Gasteiger partial charge in [-0.25, -0.2) is 0 Å². The lowest BCUT2D eigenvalue weighted by Gasteiger charge is -2.22. The van der Waals surface area contributed by atoms with Gasteiger partial charge in [0.05, 0.1) is 0 Å². The molecule has 0 aromatic heterocycles. The highest BCUT2D eigenvalue weighted by atomic mass is 16.2. The van der Waals surface area contributed by atoms with Crippen LogP contribution < -0.4 is 4.90 Å². The van der Waals surface area contributed by atoms with E-state index in [2.05, 4.69) is 17.0 Å². The normalized spacial score (nSPS) is 10.4. The van der Waals surface area contributed by atoms with E-state index in [0.717, 1.165) is 22.4 Å². The molecule has 0 N–H and O–H groups in total. The standard InChI is InChI=1S/C19H24N2O/c1-5-21(14-16-9-7-6-8-10-16)19(22)17-11-12-18(20(3)4)15(2)13-17/h6-13H,5,14H2,1-4H3. The van der Waals surface area contributed by atoms with E-state index < -0.39 is 0 Å². The summed E-state index contributed by atoms with van der Waals surface area (Å²) < 4.78 is 0. The molecule has 2 aromatic carbocycles. The van der Waals surface area contributed by atoms with Crippen molar-refractivity contribution in [1.82, 2.24) is 4.90 Å². The van der Waals surface area contributed by atoms with Gasteiger partial charge in [-0.15, -0.1) is 0 Å². The van der Waals surface area contributed by atoms with E-state index >= 15 is 0 Å². The van der Waals surface area contributed by atoms with Crippen molar-refractivity contribution in [3.8, 4) is 0 Å². The van der Waals surface area contributed by atoms with Crippen molar-refractivity contribution < 1.29 is 4.79 Å². The molecule has 0 aliphatic heterocycles. The molecule has 0 fully saturated rings. The minimum Gasteiger partial charge on any atom is -0.377 e.